The highest BCUT2D eigenvalue weighted by atomic mass is 79.9. The number of amides is 1. The van der Waals surface area contributed by atoms with Crippen LogP contribution in [0.1, 0.15) is 10.4 Å². The molecule has 0 fully saturated rings. The van der Waals surface area contributed by atoms with Crippen molar-refractivity contribution in [1.29, 1.82) is 0 Å². The van der Waals surface area contributed by atoms with E-state index < -0.39 is 5.82 Å². The zero-order chi connectivity index (χ0) is 11.3. The molecule has 1 aromatic carbocycles. The third-order valence-corrected chi connectivity index (χ3v) is 2.87. The molecule has 0 radical (unpaired) electrons. The molecule has 1 amide bonds. The lowest BCUT2D eigenvalue weighted by Gasteiger charge is -2.05. The van der Waals surface area contributed by atoms with E-state index in [-0.39, 0.29) is 11.5 Å². The second kappa shape index (κ2) is 6.12. The fourth-order valence-electron chi connectivity index (χ4n) is 1.04. The third kappa shape index (κ3) is 3.83. The number of halogens is 2. The van der Waals surface area contributed by atoms with Gasteiger partial charge in [-0.1, -0.05) is 15.9 Å². The molecule has 15 heavy (non-hydrogen) atoms. The van der Waals surface area contributed by atoms with Crippen LogP contribution in [0.5, 0.6) is 0 Å². The highest BCUT2D eigenvalue weighted by Gasteiger charge is 2.10. The SMILES string of the molecule is CSCCNC(=O)c1ccc(Br)cc1F. The van der Waals surface area contributed by atoms with Gasteiger partial charge in [0.2, 0.25) is 0 Å². The Bertz CT molecular complexity index is 359. The molecule has 5 heteroatoms. The zero-order valence-electron chi connectivity index (χ0n) is 8.22. The summed E-state index contributed by atoms with van der Waals surface area (Å²) in [5, 5.41) is 2.65. The van der Waals surface area contributed by atoms with Crippen molar-refractivity contribution in [2.24, 2.45) is 0 Å². The highest BCUT2D eigenvalue weighted by molar-refractivity contribution is 9.10. The summed E-state index contributed by atoms with van der Waals surface area (Å²) in [6.45, 7) is 0.551. The van der Waals surface area contributed by atoms with Gasteiger partial charge in [-0.2, -0.15) is 11.8 Å². The summed E-state index contributed by atoms with van der Waals surface area (Å²) in [6.07, 6.45) is 1.95. The van der Waals surface area contributed by atoms with Crippen LogP contribution in [-0.2, 0) is 0 Å². The molecular formula is C10H11BrFNOS. The number of carbonyl (C=O) groups excluding carboxylic acids is 1. The molecule has 0 saturated heterocycles. The molecule has 0 aromatic heterocycles. The predicted molar refractivity (Wildman–Crippen MR) is 64.8 cm³/mol. The number of carbonyl (C=O) groups is 1. The predicted octanol–water partition coefficient (Wildman–Crippen LogP) is 2.68. The van der Waals surface area contributed by atoms with Crippen LogP contribution in [0, 0.1) is 5.82 Å². The Kier molecular flexibility index (Phi) is 5.11. The summed E-state index contributed by atoms with van der Waals surface area (Å²) in [5.41, 5.74) is 0.0827. The van der Waals surface area contributed by atoms with Gasteiger partial charge in [-0.3, -0.25) is 4.79 Å². The fraction of sp³-hybridized carbons (Fsp3) is 0.300. The van der Waals surface area contributed by atoms with Crippen molar-refractivity contribution in [3.63, 3.8) is 0 Å². The van der Waals surface area contributed by atoms with Crippen LogP contribution < -0.4 is 5.32 Å². The molecule has 0 aliphatic carbocycles. The van der Waals surface area contributed by atoms with E-state index in [0.29, 0.717) is 11.0 Å². The van der Waals surface area contributed by atoms with E-state index in [1.165, 1.54) is 12.1 Å². The van der Waals surface area contributed by atoms with Gasteiger partial charge in [0, 0.05) is 16.8 Å². The fourth-order valence-corrected chi connectivity index (χ4v) is 1.67. The van der Waals surface area contributed by atoms with E-state index in [4.69, 9.17) is 0 Å². The molecule has 0 atom stereocenters. The molecule has 0 spiro atoms. The topological polar surface area (TPSA) is 29.1 Å². The van der Waals surface area contributed by atoms with E-state index >= 15 is 0 Å². The third-order valence-electron chi connectivity index (χ3n) is 1.77. The summed E-state index contributed by atoms with van der Waals surface area (Å²) >= 11 is 4.76. The molecule has 0 unspecified atom stereocenters. The van der Waals surface area contributed by atoms with Crippen LogP contribution in [0.25, 0.3) is 0 Å². The molecule has 2 nitrogen and oxygen atoms in total. The van der Waals surface area contributed by atoms with E-state index in [9.17, 15) is 9.18 Å². The van der Waals surface area contributed by atoms with Crippen molar-refractivity contribution in [3.8, 4) is 0 Å². The first-order valence-electron chi connectivity index (χ1n) is 4.37. The van der Waals surface area contributed by atoms with Gasteiger partial charge >= 0.3 is 0 Å². The first-order valence-corrected chi connectivity index (χ1v) is 6.56. The second-order valence-electron chi connectivity index (χ2n) is 2.87. The maximum Gasteiger partial charge on any atom is 0.254 e. The summed E-state index contributed by atoms with van der Waals surface area (Å²) in [7, 11) is 0. The van der Waals surface area contributed by atoms with Crippen molar-refractivity contribution >= 4 is 33.6 Å². The molecule has 0 heterocycles. The van der Waals surface area contributed by atoms with Gasteiger partial charge in [0.1, 0.15) is 5.82 Å². The van der Waals surface area contributed by atoms with Gasteiger partial charge in [-0.15, -0.1) is 0 Å². The van der Waals surface area contributed by atoms with E-state index in [1.54, 1.807) is 17.8 Å². The number of hydrogen-bond acceptors (Lipinski definition) is 2. The smallest absolute Gasteiger partial charge is 0.254 e. The molecule has 1 aromatic rings. The first-order chi connectivity index (χ1) is 7.15. The Morgan fingerprint density at radius 3 is 2.93 bits per heavy atom. The Labute approximate surface area is 101 Å². The van der Waals surface area contributed by atoms with E-state index in [2.05, 4.69) is 21.2 Å². The van der Waals surface area contributed by atoms with E-state index in [1.807, 2.05) is 6.26 Å². The van der Waals surface area contributed by atoms with E-state index in [0.717, 1.165) is 5.75 Å². The minimum Gasteiger partial charge on any atom is -0.351 e. The van der Waals surface area contributed by atoms with Gasteiger partial charge in [-0.05, 0) is 24.5 Å². The summed E-state index contributed by atoms with van der Waals surface area (Å²) in [6, 6.07) is 4.39. The monoisotopic (exact) mass is 291 g/mol. The Morgan fingerprint density at radius 2 is 2.33 bits per heavy atom. The average Bonchev–Trinajstić information content (AvgIpc) is 2.17. The van der Waals surface area contributed by atoms with Crippen LogP contribution in [0.4, 0.5) is 4.39 Å². The lowest BCUT2D eigenvalue weighted by Crippen LogP contribution is -2.26. The Balaban J connectivity index is 2.65. The number of nitrogens with one attached hydrogen (secondary N) is 1. The summed E-state index contributed by atoms with van der Waals surface area (Å²) in [4.78, 5) is 11.5. The second-order valence-corrected chi connectivity index (χ2v) is 4.77. The minimum absolute atomic E-state index is 0.0827. The number of rotatable bonds is 4. The number of benzene rings is 1. The molecule has 0 aliphatic rings. The lowest BCUT2D eigenvalue weighted by molar-refractivity contribution is 0.0952. The minimum atomic E-state index is -0.508. The molecule has 1 N–H and O–H groups in total. The maximum atomic E-state index is 13.3. The normalized spacial score (nSPS) is 10.1. The van der Waals surface area contributed by atoms with Crippen molar-refractivity contribution in [2.75, 3.05) is 18.6 Å². The number of hydrogen-bond donors (Lipinski definition) is 1. The van der Waals surface area contributed by atoms with Gasteiger partial charge in [0.15, 0.2) is 0 Å². The highest BCUT2D eigenvalue weighted by Crippen LogP contribution is 2.15. The first kappa shape index (κ1) is 12.5. The molecule has 0 saturated carbocycles. The molecular weight excluding hydrogens is 281 g/mol. The van der Waals surface area contributed by atoms with Gasteiger partial charge in [0.25, 0.3) is 5.91 Å². The largest absolute Gasteiger partial charge is 0.351 e. The average molecular weight is 292 g/mol. The van der Waals surface area contributed by atoms with Crippen LogP contribution >= 0.6 is 27.7 Å². The van der Waals surface area contributed by atoms with Crippen LogP contribution in [-0.4, -0.2) is 24.5 Å². The standard InChI is InChI=1S/C10H11BrFNOS/c1-15-5-4-13-10(14)8-3-2-7(11)6-9(8)12/h2-3,6H,4-5H2,1H3,(H,13,14). The van der Waals surface area contributed by atoms with Crippen molar-refractivity contribution in [2.45, 2.75) is 0 Å². The Morgan fingerprint density at radius 1 is 1.60 bits per heavy atom. The van der Waals surface area contributed by atoms with Crippen molar-refractivity contribution in [3.05, 3.63) is 34.1 Å². The lowest BCUT2D eigenvalue weighted by atomic mass is 10.2. The van der Waals surface area contributed by atoms with Crippen LogP contribution in [0.3, 0.4) is 0 Å². The molecule has 82 valence electrons. The van der Waals surface area contributed by atoms with Crippen LogP contribution in [0.15, 0.2) is 22.7 Å². The zero-order valence-corrected chi connectivity index (χ0v) is 10.6. The number of thioether (sulfide) groups is 1. The van der Waals surface area contributed by atoms with Gasteiger partial charge < -0.3 is 5.32 Å². The quantitative estimate of drug-likeness (QED) is 0.864. The Hall–Kier alpha value is -0.550. The molecule has 0 aliphatic heterocycles. The van der Waals surface area contributed by atoms with Gasteiger partial charge in [0.05, 0.1) is 5.56 Å². The summed E-state index contributed by atoms with van der Waals surface area (Å²) < 4.78 is 13.9. The van der Waals surface area contributed by atoms with Crippen LogP contribution in [0.2, 0.25) is 0 Å². The van der Waals surface area contributed by atoms with Crippen molar-refractivity contribution < 1.29 is 9.18 Å². The summed E-state index contributed by atoms with van der Waals surface area (Å²) in [5.74, 6) is -0.0516. The van der Waals surface area contributed by atoms with Crippen molar-refractivity contribution in [1.82, 2.24) is 5.32 Å². The maximum absolute atomic E-state index is 13.3. The van der Waals surface area contributed by atoms with Gasteiger partial charge in [-0.25, -0.2) is 4.39 Å². The molecule has 1 rings (SSSR count). The molecule has 0 bridgehead atoms.